The summed E-state index contributed by atoms with van der Waals surface area (Å²) >= 11 is 1.46. The van der Waals surface area contributed by atoms with Gasteiger partial charge in [0.25, 0.3) is 5.91 Å². The maximum Gasteiger partial charge on any atom is 0.271 e. The van der Waals surface area contributed by atoms with Crippen LogP contribution in [0.2, 0.25) is 0 Å². The van der Waals surface area contributed by atoms with E-state index in [2.05, 4.69) is 20.5 Å². The van der Waals surface area contributed by atoms with Crippen molar-refractivity contribution in [3.8, 4) is 10.6 Å². The summed E-state index contributed by atoms with van der Waals surface area (Å²) in [6.45, 7) is 0.443. The highest BCUT2D eigenvalue weighted by molar-refractivity contribution is 7.13. The molecular formula is C20H17N5OS. The summed E-state index contributed by atoms with van der Waals surface area (Å²) < 4.78 is 0. The highest BCUT2D eigenvalue weighted by Crippen LogP contribution is 2.24. The van der Waals surface area contributed by atoms with Crippen molar-refractivity contribution in [1.29, 1.82) is 0 Å². The number of amides is 1. The van der Waals surface area contributed by atoms with E-state index in [1.54, 1.807) is 22.6 Å². The van der Waals surface area contributed by atoms with Gasteiger partial charge in [0.1, 0.15) is 10.7 Å². The van der Waals surface area contributed by atoms with Crippen molar-refractivity contribution in [2.45, 2.75) is 12.6 Å². The molecule has 2 aromatic carbocycles. The lowest BCUT2D eigenvalue weighted by molar-refractivity contribution is 0.0926. The standard InChI is InChI=1S/C20H17N5OS/c26-19(18-14-27-20(24-18)16-9-5-2-6-10-16)23-17(13-25-21-11-12-22-25)15-7-3-1-4-8-15/h1-12,14,17H,13H2,(H,23,26). The van der Waals surface area contributed by atoms with Crippen LogP contribution < -0.4 is 5.32 Å². The smallest absolute Gasteiger partial charge is 0.271 e. The summed E-state index contributed by atoms with van der Waals surface area (Å²) in [4.78, 5) is 18.8. The fourth-order valence-corrected chi connectivity index (χ4v) is 3.55. The fourth-order valence-electron chi connectivity index (χ4n) is 2.74. The number of carbonyl (C=O) groups excluding carboxylic acids is 1. The van der Waals surface area contributed by atoms with Gasteiger partial charge in [0.2, 0.25) is 0 Å². The SMILES string of the molecule is O=C(NC(Cn1nccn1)c1ccccc1)c1csc(-c2ccccc2)n1. The quantitative estimate of drug-likeness (QED) is 0.559. The van der Waals surface area contributed by atoms with E-state index in [-0.39, 0.29) is 11.9 Å². The molecule has 0 bridgehead atoms. The largest absolute Gasteiger partial charge is 0.342 e. The zero-order valence-electron chi connectivity index (χ0n) is 14.4. The van der Waals surface area contributed by atoms with Crippen molar-refractivity contribution in [2.24, 2.45) is 0 Å². The van der Waals surface area contributed by atoms with Gasteiger partial charge in [-0.1, -0.05) is 60.7 Å². The first-order valence-corrected chi connectivity index (χ1v) is 9.38. The van der Waals surface area contributed by atoms with Crippen LogP contribution in [0.3, 0.4) is 0 Å². The van der Waals surface area contributed by atoms with Crippen molar-refractivity contribution < 1.29 is 4.79 Å². The normalized spacial score (nSPS) is 11.9. The van der Waals surface area contributed by atoms with Gasteiger partial charge in [-0.15, -0.1) is 11.3 Å². The maximum atomic E-state index is 12.8. The Kier molecular flexibility index (Phi) is 5.02. The van der Waals surface area contributed by atoms with Gasteiger partial charge >= 0.3 is 0 Å². The molecule has 2 heterocycles. The monoisotopic (exact) mass is 375 g/mol. The van der Waals surface area contributed by atoms with Crippen LogP contribution >= 0.6 is 11.3 Å². The van der Waals surface area contributed by atoms with E-state index in [1.165, 1.54) is 11.3 Å². The lowest BCUT2D eigenvalue weighted by Gasteiger charge is -2.18. The minimum atomic E-state index is -0.257. The Morgan fingerprint density at radius 3 is 2.37 bits per heavy atom. The van der Waals surface area contributed by atoms with Crippen molar-refractivity contribution >= 4 is 17.2 Å². The summed E-state index contributed by atoms with van der Waals surface area (Å²) in [5, 5.41) is 14.0. The summed E-state index contributed by atoms with van der Waals surface area (Å²) in [7, 11) is 0. The molecule has 0 saturated carbocycles. The van der Waals surface area contributed by atoms with E-state index in [4.69, 9.17) is 0 Å². The molecule has 1 amide bonds. The lowest BCUT2D eigenvalue weighted by atomic mass is 10.1. The van der Waals surface area contributed by atoms with Crippen molar-refractivity contribution in [2.75, 3.05) is 0 Å². The van der Waals surface area contributed by atoms with Gasteiger partial charge in [0.05, 0.1) is 25.0 Å². The molecule has 134 valence electrons. The van der Waals surface area contributed by atoms with Crippen LogP contribution in [-0.4, -0.2) is 25.9 Å². The second kappa shape index (κ2) is 7.92. The molecule has 0 aliphatic rings. The van der Waals surface area contributed by atoms with Crippen LogP contribution in [0.15, 0.2) is 78.4 Å². The molecule has 7 heteroatoms. The molecule has 0 saturated heterocycles. The van der Waals surface area contributed by atoms with Crippen LogP contribution in [0, 0.1) is 0 Å². The summed E-state index contributed by atoms with van der Waals surface area (Å²) in [6, 6.07) is 19.4. The van der Waals surface area contributed by atoms with Crippen molar-refractivity contribution in [1.82, 2.24) is 25.3 Å². The first-order chi connectivity index (χ1) is 13.3. The molecule has 0 fully saturated rings. The Morgan fingerprint density at radius 1 is 1.00 bits per heavy atom. The number of rotatable bonds is 6. The van der Waals surface area contributed by atoms with Gasteiger partial charge in [-0.25, -0.2) is 4.98 Å². The van der Waals surface area contributed by atoms with Gasteiger partial charge in [-0.3, -0.25) is 4.79 Å². The Bertz CT molecular complexity index is 999. The van der Waals surface area contributed by atoms with Gasteiger partial charge in [0.15, 0.2) is 0 Å². The number of thiazole rings is 1. The molecule has 0 aliphatic carbocycles. The molecule has 2 aromatic heterocycles. The predicted octanol–water partition coefficient (Wildman–Crippen LogP) is 3.57. The van der Waals surface area contributed by atoms with Crippen LogP contribution in [0.25, 0.3) is 10.6 Å². The Labute approximate surface area is 160 Å². The van der Waals surface area contributed by atoms with Gasteiger partial charge in [-0.2, -0.15) is 15.0 Å². The minimum Gasteiger partial charge on any atom is -0.342 e. The zero-order valence-corrected chi connectivity index (χ0v) is 15.2. The third-order valence-corrected chi connectivity index (χ3v) is 4.97. The third kappa shape index (κ3) is 4.09. The molecule has 1 unspecified atom stereocenters. The number of nitrogens with zero attached hydrogens (tertiary/aromatic N) is 4. The number of aromatic nitrogens is 4. The molecule has 27 heavy (non-hydrogen) atoms. The highest BCUT2D eigenvalue weighted by Gasteiger charge is 2.19. The van der Waals surface area contributed by atoms with E-state index >= 15 is 0 Å². The number of hydrogen-bond acceptors (Lipinski definition) is 5. The second-order valence-corrected chi connectivity index (χ2v) is 6.78. The molecule has 0 aliphatic heterocycles. The molecule has 6 nitrogen and oxygen atoms in total. The number of carbonyl (C=O) groups is 1. The van der Waals surface area contributed by atoms with Gasteiger partial charge in [-0.05, 0) is 5.56 Å². The average molecular weight is 375 g/mol. The van der Waals surface area contributed by atoms with Crippen LogP contribution in [0.4, 0.5) is 0 Å². The molecule has 1 N–H and O–H groups in total. The Balaban J connectivity index is 1.54. The summed E-state index contributed by atoms with van der Waals surface area (Å²) in [5.74, 6) is -0.213. The van der Waals surface area contributed by atoms with E-state index in [0.717, 1.165) is 16.1 Å². The van der Waals surface area contributed by atoms with Crippen LogP contribution in [0.1, 0.15) is 22.1 Å². The average Bonchev–Trinajstić information content (AvgIpc) is 3.41. The molecular weight excluding hydrogens is 358 g/mol. The van der Waals surface area contributed by atoms with Crippen molar-refractivity contribution in [3.05, 3.63) is 89.7 Å². The van der Waals surface area contributed by atoms with E-state index in [0.29, 0.717) is 12.2 Å². The van der Waals surface area contributed by atoms with Gasteiger partial charge in [0, 0.05) is 10.9 Å². The molecule has 0 spiro atoms. The molecule has 4 aromatic rings. The summed E-state index contributed by atoms with van der Waals surface area (Å²) in [5.41, 5.74) is 2.40. The molecule has 1 atom stereocenters. The molecule has 0 radical (unpaired) electrons. The van der Waals surface area contributed by atoms with Crippen molar-refractivity contribution in [3.63, 3.8) is 0 Å². The predicted molar refractivity (Wildman–Crippen MR) is 104 cm³/mol. The van der Waals surface area contributed by atoms with Crippen LogP contribution in [-0.2, 0) is 6.54 Å². The molecule has 4 rings (SSSR count). The number of benzene rings is 2. The van der Waals surface area contributed by atoms with E-state index in [9.17, 15) is 4.79 Å². The van der Waals surface area contributed by atoms with E-state index in [1.807, 2.05) is 60.7 Å². The maximum absolute atomic E-state index is 12.8. The summed E-state index contributed by atoms with van der Waals surface area (Å²) in [6.07, 6.45) is 3.24. The lowest BCUT2D eigenvalue weighted by Crippen LogP contribution is -2.32. The van der Waals surface area contributed by atoms with E-state index < -0.39 is 0 Å². The Hall–Kier alpha value is -3.32. The Morgan fingerprint density at radius 2 is 1.67 bits per heavy atom. The van der Waals surface area contributed by atoms with Crippen LogP contribution in [0.5, 0.6) is 0 Å². The highest BCUT2D eigenvalue weighted by atomic mass is 32.1. The second-order valence-electron chi connectivity index (χ2n) is 5.92. The first kappa shape index (κ1) is 17.1. The van der Waals surface area contributed by atoms with Gasteiger partial charge < -0.3 is 5.32 Å². The third-order valence-electron chi connectivity index (χ3n) is 4.08. The number of nitrogens with one attached hydrogen (secondary N) is 1. The number of hydrogen-bond donors (Lipinski definition) is 1. The fraction of sp³-hybridized carbons (Fsp3) is 0.100. The minimum absolute atomic E-state index is 0.213. The zero-order chi connectivity index (χ0) is 18.5. The topological polar surface area (TPSA) is 72.7 Å². The first-order valence-electron chi connectivity index (χ1n) is 8.50.